The van der Waals surface area contributed by atoms with Gasteiger partial charge >= 0.3 is 16.5 Å². The van der Waals surface area contributed by atoms with Crippen molar-refractivity contribution >= 4 is 11.4 Å². The summed E-state index contributed by atoms with van der Waals surface area (Å²) in [6.45, 7) is 6.95. The number of aryl methyl sites for hydroxylation is 2. The Labute approximate surface area is 157 Å². The van der Waals surface area contributed by atoms with Crippen LogP contribution in [0, 0.1) is 13.8 Å². The second-order valence-electron chi connectivity index (χ2n) is 5.37. The third-order valence-corrected chi connectivity index (χ3v) is 3.35. The smallest absolute Gasteiger partial charge is 0.872 e. The molecule has 0 amide bonds. The number of nitrogens with zero attached hydrogens (tertiary/aromatic N) is 2. The normalized spacial score (nSPS) is 11.2. The van der Waals surface area contributed by atoms with Crippen LogP contribution < -0.4 is 10.2 Å². The molecule has 0 aliphatic heterocycles. The van der Waals surface area contributed by atoms with Crippen LogP contribution in [0.25, 0.3) is 0 Å². The zero-order chi connectivity index (χ0) is 18.3. The molecular formula is C18H20N2NiO4. The van der Waals surface area contributed by atoms with Crippen molar-refractivity contribution in [1.82, 2.24) is 0 Å². The minimum absolute atomic E-state index is 0. The molecule has 6 nitrogen and oxygen atoms in total. The summed E-state index contributed by atoms with van der Waals surface area (Å²) >= 11 is 0. The average molecular weight is 387 g/mol. The molecule has 2 N–H and O–H groups in total. The van der Waals surface area contributed by atoms with E-state index in [1.807, 2.05) is 13.8 Å². The number of benzene rings is 2. The van der Waals surface area contributed by atoms with Crippen LogP contribution in [-0.4, -0.2) is 21.8 Å². The molecule has 0 radical (unpaired) electrons. The number of hydrogen-bond acceptors (Lipinski definition) is 6. The zero-order valence-corrected chi connectivity index (χ0v) is 15.4. The summed E-state index contributed by atoms with van der Waals surface area (Å²) in [6.07, 6.45) is 0. The predicted molar refractivity (Wildman–Crippen MR) is 89.2 cm³/mol. The molecule has 0 unspecified atom stereocenters. The minimum Gasteiger partial charge on any atom is -0.872 e. The third-order valence-electron chi connectivity index (χ3n) is 3.35. The molecule has 0 bridgehead atoms. The average Bonchev–Trinajstić information content (AvgIpc) is 2.58. The molecule has 0 aliphatic rings. The molecule has 0 aromatic heterocycles. The third kappa shape index (κ3) is 6.47. The molecule has 2 rings (SSSR count). The first kappa shape index (κ1) is 22.5. The van der Waals surface area contributed by atoms with E-state index in [1.54, 1.807) is 38.1 Å². The molecular weight excluding hydrogens is 367 g/mol. The van der Waals surface area contributed by atoms with Crippen LogP contribution in [0.3, 0.4) is 0 Å². The van der Waals surface area contributed by atoms with Crippen LogP contribution in [0.5, 0.6) is 11.5 Å². The van der Waals surface area contributed by atoms with E-state index in [4.69, 9.17) is 10.4 Å². The van der Waals surface area contributed by atoms with Crippen molar-refractivity contribution in [3.63, 3.8) is 0 Å². The van der Waals surface area contributed by atoms with Gasteiger partial charge in [-0.15, -0.1) is 0 Å². The first-order chi connectivity index (χ1) is 11.3. The topological polar surface area (TPSA) is 111 Å². The van der Waals surface area contributed by atoms with E-state index in [0.29, 0.717) is 22.6 Å². The number of hydrogen-bond donors (Lipinski definition) is 2. The molecule has 7 heteroatoms. The molecule has 0 saturated carbocycles. The molecule has 0 heterocycles. The first-order valence-electron chi connectivity index (χ1n) is 7.23. The quantitative estimate of drug-likeness (QED) is 0.357. The van der Waals surface area contributed by atoms with Crippen molar-refractivity contribution in [1.29, 1.82) is 0 Å². The Kier molecular flexibility index (Phi) is 9.31. The van der Waals surface area contributed by atoms with E-state index in [2.05, 4.69) is 10.3 Å². The van der Waals surface area contributed by atoms with Crippen LogP contribution in [-0.2, 0) is 16.5 Å². The fourth-order valence-corrected chi connectivity index (χ4v) is 1.96. The van der Waals surface area contributed by atoms with Gasteiger partial charge in [0.05, 0.1) is 11.4 Å². The van der Waals surface area contributed by atoms with Gasteiger partial charge in [-0.1, -0.05) is 69.3 Å². The number of rotatable bonds is 2. The molecule has 25 heavy (non-hydrogen) atoms. The van der Waals surface area contributed by atoms with Crippen molar-refractivity contribution in [3.8, 4) is 11.5 Å². The Hall–Kier alpha value is -2.53. The van der Waals surface area contributed by atoms with E-state index in [9.17, 15) is 10.2 Å². The maximum absolute atomic E-state index is 11.2. The zero-order valence-electron chi connectivity index (χ0n) is 14.4. The standard InChI is InChI=1S/2C9H11NO2.Ni/c2*1-6-3-4-9(11)8(5-6)7(2)10-12;/h2*3-5,11-12H,1-2H3;/q;;+2/p-2/b2*10-7+;. The minimum atomic E-state index is -0.115. The molecule has 0 spiro atoms. The Morgan fingerprint density at radius 2 is 1.08 bits per heavy atom. The van der Waals surface area contributed by atoms with E-state index in [1.165, 1.54) is 12.1 Å². The van der Waals surface area contributed by atoms with Crippen molar-refractivity contribution in [2.75, 3.05) is 0 Å². The number of oxime groups is 2. The van der Waals surface area contributed by atoms with E-state index >= 15 is 0 Å². The van der Waals surface area contributed by atoms with Crippen LogP contribution in [0.1, 0.15) is 36.1 Å². The Morgan fingerprint density at radius 1 is 0.760 bits per heavy atom. The van der Waals surface area contributed by atoms with Crippen molar-refractivity contribution in [3.05, 3.63) is 58.7 Å². The van der Waals surface area contributed by atoms with Crippen molar-refractivity contribution in [2.24, 2.45) is 10.3 Å². The van der Waals surface area contributed by atoms with Gasteiger partial charge < -0.3 is 20.6 Å². The maximum atomic E-state index is 11.2. The molecule has 2 aromatic rings. The van der Waals surface area contributed by atoms with Crippen LogP contribution in [0.2, 0.25) is 0 Å². The first-order valence-corrected chi connectivity index (χ1v) is 7.23. The van der Waals surface area contributed by atoms with E-state index in [0.717, 1.165) is 11.1 Å². The van der Waals surface area contributed by atoms with Gasteiger partial charge in [-0.3, -0.25) is 0 Å². The monoisotopic (exact) mass is 386 g/mol. The maximum Gasteiger partial charge on any atom is 2.00 e. The largest absolute Gasteiger partial charge is 2.00 e. The second-order valence-corrected chi connectivity index (χ2v) is 5.37. The molecule has 0 aliphatic carbocycles. The summed E-state index contributed by atoms with van der Waals surface area (Å²) in [4.78, 5) is 0. The van der Waals surface area contributed by atoms with Crippen molar-refractivity contribution < 1.29 is 37.1 Å². The van der Waals surface area contributed by atoms with Crippen LogP contribution >= 0.6 is 0 Å². The van der Waals surface area contributed by atoms with E-state index < -0.39 is 0 Å². The summed E-state index contributed by atoms with van der Waals surface area (Å²) in [7, 11) is 0. The van der Waals surface area contributed by atoms with Gasteiger partial charge in [0, 0.05) is 0 Å². The molecule has 136 valence electrons. The predicted octanol–water partition coefficient (Wildman–Crippen LogP) is 2.53. The van der Waals surface area contributed by atoms with Gasteiger partial charge in [0.1, 0.15) is 0 Å². The van der Waals surface area contributed by atoms with Gasteiger partial charge in [-0.2, -0.15) is 0 Å². The summed E-state index contributed by atoms with van der Waals surface area (Å²) < 4.78 is 0. The summed E-state index contributed by atoms with van der Waals surface area (Å²) in [5.74, 6) is -0.230. The molecule has 0 fully saturated rings. The SMILES string of the molecule is C/C(=N\O)c1cc(C)ccc1[O-].C/C(=N\O)c1cc(C)ccc1[O-].[Ni+2]. The Bertz CT molecular complexity index is 708. The summed E-state index contributed by atoms with van der Waals surface area (Å²) in [5, 5.41) is 45.2. The fourth-order valence-electron chi connectivity index (χ4n) is 1.96. The second kappa shape index (κ2) is 10.4. The van der Waals surface area contributed by atoms with Gasteiger partial charge in [-0.05, 0) is 38.8 Å². The molecule has 0 saturated heterocycles. The van der Waals surface area contributed by atoms with Gasteiger partial charge in [0.2, 0.25) is 0 Å². The van der Waals surface area contributed by atoms with Gasteiger partial charge in [-0.25, -0.2) is 0 Å². The van der Waals surface area contributed by atoms with Crippen LogP contribution in [0.15, 0.2) is 46.7 Å². The van der Waals surface area contributed by atoms with Gasteiger partial charge in [0.15, 0.2) is 0 Å². The van der Waals surface area contributed by atoms with E-state index in [-0.39, 0.29) is 28.0 Å². The Morgan fingerprint density at radius 3 is 1.36 bits per heavy atom. The molecule has 2 aromatic carbocycles. The van der Waals surface area contributed by atoms with Gasteiger partial charge in [0.25, 0.3) is 0 Å². The fraction of sp³-hybridized carbons (Fsp3) is 0.222. The summed E-state index contributed by atoms with van der Waals surface area (Å²) in [5.41, 5.74) is 3.57. The summed E-state index contributed by atoms with van der Waals surface area (Å²) in [6, 6.07) is 9.82. The Balaban J connectivity index is 0.000000443. The molecule has 0 atom stereocenters. The van der Waals surface area contributed by atoms with Crippen molar-refractivity contribution in [2.45, 2.75) is 27.7 Å². The van der Waals surface area contributed by atoms with Crippen LogP contribution in [0.4, 0.5) is 0 Å².